The molecule has 156 valence electrons. The molecule has 29 heavy (non-hydrogen) atoms. The lowest BCUT2D eigenvalue weighted by Gasteiger charge is -2.30. The van der Waals surface area contributed by atoms with Crippen molar-refractivity contribution >= 4 is 84.9 Å². The van der Waals surface area contributed by atoms with E-state index in [-0.39, 0.29) is 11.1 Å². The summed E-state index contributed by atoms with van der Waals surface area (Å²) < 4.78 is 22.8. The average Bonchev–Trinajstić information content (AvgIpc) is 2.60. The first kappa shape index (κ1) is 24.4. The summed E-state index contributed by atoms with van der Waals surface area (Å²) in [4.78, 5) is 21.6. The second kappa shape index (κ2) is 8.33. The number of hydrogen-bond donors (Lipinski definition) is 0. The Labute approximate surface area is 199 Å². The standard InChI is InChI=1S/C16H12Br4N2O6S/c1-9-3-5-11(13(7-9)21(23)24)15(17,18)29(27,28)16(19,20)12-6-4-10(2)8-14(12)22(25)26/h3-8H,1-2H3. The molecule has 0 N–H and O–H groups in total. The van der Waals surface area contributed by atoms with Gasteiger partial charge in [0.2, 0.25) is 15.0 Å². The predicted molar refractivity (Wildman–Crippen MR) is 124 cm³/mol. The minimum Gasteiger partial charge on any atom is -0.258 e. The SMILES string of the molecule is Cc1ccc(C(Br)(Br)S(=O)(=O)C(Br)(Br)c2ccc(C)cc2[N+](=O)[O-])c([N+](=O)[O-])c1. The van der Waals surface area contributed by atoms with Crippen LogP contribution in [-0.4, -0.2) is 18.3 Å². The van der Waals surface area contributed by atoms with Crippen molar-refractivity contribution in [1.82, 2.24) is 0 Å². The number of nitro benzene ring substituents is 2. The van der Waals surface area contributed by atoms with Gasteiger partial charge in [0.25, 0.3) is 11.4 Å². The molecule has 2 aromatic rings. The van der Waals surface area contributed by atoms with Crippen molar-refractivity contribution in [3.8, 4) is 0 Å². The highest BCUT2D eigenvalue weighted by molar-refractivity contribution is 9.30. The van der Waals surface area contributed by atoms with E-state index in [1.54, 1.807) is 13.8 Å². The first-order valence-corrected chi connectivity index (χ1v) is 12.3. The Morgan fingerprint density at radius 2 is 1.07 bits per heavy atom. The highest BCUT2D eigenvalue weighted by atomic mass is 79.9. The molecule has 13 heteroatoms. The topological polar surface area (TPSA) is 120 Å². The molecule has 0 bridgehead atoms. The van der Waals surface area contributed by atoms with Gasteiger partial charge in [0.05, 0.1) is 21.0 Å². The molecule has 0 aromatic heterocycles. The van der Waals surface area contributed by atoms with Gasteiger partial charge in [-0.2, -0.15) is 0 Å². The number of alkyl halides is 4. The van der Waals surface area contributed by atoms with Crippen molar-refractivity contribution in [2.24, 2.45) is 0 Å². The monoisotopic (exact) mass is 676 g/mol. The molecule has 2 aromatic carbocycles. The maximum absolute atomic E-state index is 13.6. The number of aryl methyl sites for hydroxylation is 2. The van der Waals surface area contributed by atoms with Gasteiger partial charge in [-0.25, -0.2) is 8.42 Å². The summed E-state index contributed by atoms with van der Waals surface area (Å²) in [5, 5.41) is 23.0. The number of nitrogens with zero attached hydrogens (tertiary/aromatic N) is 2. The van der Waals surface area contributed by atoms with Gasteiger partial charge in [0, 0.05) is 12.1 Å². The normalized spacial score (nSPS) is 12.6. The van der Waals surface area contributed by atoms with E-state index in [0.29, 0.717) is 11.1 Å². The summed E-state index contributed by atoms with van der Waals surface area (Å²) >= 11 is 12.2. The summed E-state index contributed by atoms with van der Waals surface area (Å²) in [6, 6.07) is 8.12. The lowest BCUT2D eigenvalue weighted by Crippen LogP contribution is -2.35. The molecule has 0 aliphatic rings. The van der Waals surface area contributed by atoms with Gasteiger partial charge in [-0.15, -0.1) is 0 Å². The highest BCUT2D eigenvalue weighted by Crippen LogP contribution is 2.59. The molecule has 8 nitrogen and oxygen atoms in total. The van der Waals surface area contributed by atoms with E-state index in [1.807, 2.05) is 0 Å². The zero-order chi connectivity index (χ0) is 22.4. The zero-order valence-corrected chi connectivity index (χ0v) is 21.9. The van der Waals surface area contributed by atoms with Crippen LogP contribution in [0.4, 0.5) is 11.4 Å². The number of benzene rings is 2. The third-order valence-corrected chi connectivity index (χ3v) is 12.6. The molecule has 0 saturated carbocycles. The molecule has 0 amide bonds. The van der Waals surface area contributed by atoms with E-state index in [2.05, 4.69) is 63.7 Å². The van der Waals surface area contributed by atoms with Crippen LogP contribution in [0, 0.1) is 34.1 Å². The second-order valence-electron chi connectivity index (χ2n) is 6.09. The fourth-order valence-corrected chi connectivity index (χ4v) is 10.6. The van der Waals surface area contributed by atoms with Gasteiger partial charge in [0.15, 0.2) is 0 Å². The first-order valence-electron chi connectivity index (χ1n) is 7.65. The van der Waals surface area contributed by atoms with Crippen molar-refractivity contribution in [3.05, 3.63) is 78.9 Å². The smallest absolute Gasteiger partial charge is 0.258 e. The molecule has 0 saturated heterocycles. The van der Waals surface area contributed by atoms with Gasteiger partial charge in [-0.3, -0.25) is 20.2 Å². The molecule has 0 heterocycles. The van der Waals surface area contributed by atoms with Crippen LogP contribution in [0.3, 0.4) is 0 Å². The van der Waals surface area contributed by atoms with Gasteiger partial charge in [-0.1, -0.05) is 12.1 Å². The summed E-state index contributed by atoms with van der Waals surface area (Å²) in [6.45, 7) is 3.26. The summed E-state index contributed by atoms with van der Waals surface area (Å²) in [6.07, 6.45) is 0. The molecule has 0 spiro atoms. The van der Waals surface area contributed by atoms with Crippen LogP contribution in [0.2, 0.25) is 0 Å². The number of halogens is 4. The van der Waals surface area contributed by atoms with E-state index < -0.39 is 36.2 Å². The van der Waals surface area contributed by atoms with E-state index in [1.165, 1.54) is 36.4 Å². The Kier molecular flexibility index (Phi) is 7.00. The van der Waals surface area contributed by atoms with Crippen LogP contribution in [0.15, 0.2) is 36.4 Å². The Morgan fingerprint density at radius 3 is 1.34 bits per heavy atom. The van der Waals surface area contributed by atoms with Crippen molar-refractivity contribution in [2.75, 3.05) is 0 Å². The molecule has 0 aliphatic carbocycles. The number of rotatable bonds is 6. The van der Waals surface area contributed by atoms with E-state index in [0.717, 1.165) is 0 Å². The average molecular weight is 680 g/mol. The third kappa shape index (κ3) is 4.29. The largest absolute Gasteiger partial charge is 0.276 e. The van der Waals surface area contributed by atoms with Crippen LogP contribution in [-0.2, 0) is 15.0 Å². The van der Waals surface area contributed by atoms with Crippen LogP contribution in [0.1, 0.15) is 22.3 Å². The minimum absolute atomic E-state index is 0.189. The quantitative estimate of drug-likeness (QED) is 0.209. The van der Waals surface area contributed by atoms with Crippen LogP contribution < -0.4 is 0 Å². The maximum Gasteiger partial charge on any atom is 0.276 e. The van der Waals surface area contributed by atoms with E-state index in [9.17, 15) is 28.6 Å². The molecule has 0 atom stereocenters. The summed E-state index contributed by atoms with van der Waals surface area (Å²) in [5.74, 6) is 0. The zero-order valence-electron chi connectivity index (χ0n) is 14.7. The van der Waals surface area contributed by atoms with Gasteiger partial charge in [0.1, 0.15) is 0 Å². The lowest BCUT2D eigenvalue weighted by atomic mass is 10.1. The predicted octanol–water partition coefficient (Wildman–Crippen LogP) is 6.04. The number of nitro groups is 2. The molecule has 0 unspecified atom stereocenters. The molecule has 2 rings (SSSR count). The first-order chi connectivity index (χ1) is 13.1. The van der Waals surface area contributed by atoms with Gasteiger partial charge in [-0.05, 0) is 101 Å². The molecule has 0 fully saturated rings. The number of sulfone groups is 1. The van der Waals surface area contributed by atoms with Crippen molar-refractivity contribution in [2.45, 2.75) is 19.0 Å². The van der Waals surface area contributed by atoms with Gasteiger partial charge < -0.3 is 0 Å². The van der Waals surface area contributed by atoms with Crippen molar-refractivity contribution in [3.63, 3.8) is 0 Å². The molecule has 0 radical (unpaired) electrons. The van der Waals surface area contributed by atoms with E-state index >= 15 is 0 Å². The minimum atomic E-state index is -4.52. The molecular weight excluding hydrogens is 668 g/mol. The van der Waals surface area contributed by atoms with Crippen LogP contribution >= 0.6 is 63.7 Å². The fraction of sp³-hybridized carbons (Fsp3) is 0.250. The lowest BCUT2D eigenvalue weighted by molar-refractivity contribution is -0.385. The van der Waals surface area contributed by atoms with Crippen LogP contribution in [0.25, 0.3) is 0 Å². The van der Waals surface area contributed by atoms with Gasteiger partial charge >= 0.3 is 0 Å². The summed E-state index contributed by atoms with van der Waals surface area (Å²) in [7, 11) is -4.52. The Hall–Kier alpha value is -0.890. The Morgan fingerprint density at radius 1 is 0.759 bits per heavy atom. The van der Waals surface area contributed by atoms with Crippen molar-refractivity contribution < 1.29 is 18.3 Å². The molecule has 0 aliphatic heterocycles. The maximum atomic E-state index is 13.6. The highest BCUT2D eigenvalue weighted by Gasteiger charge is 2.57. The van der Waals surface area contributed by atoms with Crippen molar-refractivity contribution in [1.29, 1.82) is 0 Å². The fourth-order valence-electron chi connectivity index (χ4n) is 2.53. The van der Waals surface area contributed by atoms with E-state index in [4.69, 9.17) is 0 Å². The Bertz CT molecular complexity index is 1040. The number of hydrogen-bond acceptors (Lipinski definition) is 6. The Balaban J connectivity index is 2.78. The molecular formula is C16H12Br4N2O6S. The third-order valence-electron chi connectivity index (χ3n) is 4.00. The second-order valence-corrected chi connectivity index (χ2v) is 17.3. The van der Waals surface area contributed by atoms with Crippen LogP contribution in [0.5, 0.6) is 0 Å². The summed E-state index contributed by atoms with van der Waals surface area (Å²) in [5.41, 5.74) is -0.121.